The maximum absolute atomic E-state index is 12.3. The highest BCUT2D eigenvalue weighted by Crippen LogP contribution is 2.41. The van der Waals surface area contributed by atoms with Crippen LogP contribution in [0.1, 0.15) is 43.0 Å². The van der Waals surface area contributed by atoms with Crippen molar-refractivity contribution in [2.45, 2.75) is 31.6 Å². The Labute approximate surface area is 117 Å². The third-order valence-corrected chi connectivity index (χ3v) is 3.63. The van der Waals surface area contributed by atoms with Gasteiger partial charge in [0, 0.05) is 31.6 Å². The van der Waals surface area contributed by atoms with Crippen LogP contribution in [-0.2, 0) is 11.8 Å². The minimum Gasteiger partial charge on any atom is -0.309 e. The van der Waals surface area contributed by atoms with Crippen LogP contribution in [0.4, 0.5) is 5.82 Å². The smallest absolute Gasteiger partial charge is 0.234 e. The molecule has 0 aliphatic heterocycles. The Balaban J connectivity index is 1.78. The molecule has 1 unspecified atom stereocenters. The molecule has 1 amide bonds. The van der Waals surface area contributed by atoms with Gasteiger partial charge >= 0.3 is 0 Å². The summed E-state index contributed by atoms with van der Waals surface area (Å²) in [6.07, 6.45) is 7.22. The molecule has 0 radical (unpaired) electrons. The maximum Gasteiger partial charge on any atom is 0.234 e. The predicted molar refractivity (Wildman–Crippen MR) is 74.3 cm³/mol. The molecule has 1 fully saturated rings. The van der Waals surface area contributed by atoms with E-state index in [1.807, 2.05) is 20.0 Å². The van der Waals surface area contributed by atoms with Crippen LogP contribution in [-0.4, -0.2) is 25.7 Å². The average Bonchev–Trinajstić information content (AvgIpc) is 3.20. The van der Waals surface area contributed by atoms with Crippen LogP contribution < -0.4 is 5.32 Å². The molecule has 2 heterocycles. The normalized spacial score (nSPS) is 15.9. The predicted octanol–water partition coefficient (Wildman–Crippen LogP) is 1.83. The van der Waals surface area contributed by atoms with E-state index < -0.39 is 0 Å². The number of nitrogens with one attached hydrogen (secondary N) is 1. The first-order valence-corrected chi connectivity index (χ1v) is 6.76. The monoisotopic (exact) mass is 271 g/mol. The largest absolute Gasteiger partial charge is 0.309 e. The molecular weight excluding hydrogens is 254 g/mol. The molecule has 6 nitrogen and oxygen atoms in total. The summed E-state index contributed by atoms with van der Waals surface area (Å²) in [6.45, 7) is 1.86. The first-order valence-electron chi connectivity index (χ1n) is 6.76. The van der Waals surface area contributed by atoms with Gasteiger partial charge in [0.25, 0.3) is 0 Å². The second-order valence-electron chi connectivity index (χ2n) is 5.16. The van der Waals surface area contributed by atoms with Crippen LogP contribution in [0.2, 0.25) is 0 Å². The topological polar surface area (TPSA) is 72.7 Å². The van der Waals surface area contributed by atoms with Crippen molar-refractivity contribution in [1.29, 1.82) is 0 Å². The number of hydrogen-bond donors (Lipinski definition) is 1. The number of aromatic nitrogens is 4. The highest BCUT2D eigenvalue weighted by molar-refractivity contribution is 5.95. The van der Waals surface area contributed by atoms with Gasteiger partial charge in [-0.1, -0.05) is 0 Å². The van der Waals surface area contributed by atoms with E-state index >= 15 is 0 Å². The molecule has 2 aromatic rings. The van der Waals surface area contributed by atoms with Crippen LogP contribution in [0.15, 0.2) is 24.7 Å². The molecule has 2 aromatic heterocycles. The Morgan fingerprint density at radius 1 is 1.35 bits per heavy atom. The van der Waals surface area contributed by atoms with Crippen LogP contribution in [0.5, 0.6) is 0 Å². The average molecular weight is 271 g/mol. The van der Waals surface area contributed by atoms with E-state index in [0.29, 0.717) is 11.7 Å². The van der Waals surface area contributed by atoms with Gasteiger partial charge in [-0.3, -0.25) is 14.5 Å². The first kappa shape index (κ1) is 12.8. The van der Waals surface area contributed by atoms with Crippen molar-refractivity contribution >= 4 is 11.7 Å². The number of anilines is 1. The van der Waals surface area contributed by atoms with E-state index in [9.17, 15) is 4.79 Å². The van der Waals surface area contributed by atoms with E-state index in [0.717, 1.165) is 24.2 Å². The standard InChI is InChI=1S/C14H17N5O/c1-9(11-5-6-17-19(11)2)14(20)18-13-12(10-3-4-10)15-7-8-16-13/h5-10H,3-4H2,1-2H3,(H,16,18,20). The quantitative estimate of drug-likeness (QED) is 0.920. The summed E-state index contributed by atoms with van der Waals surface area (Å²) in [5.74, 6) is 0.674. The van der Waals surface area contributed by atoms with Gasteiger partial charge in [0.05, 0.1) is 17.3 Å². The van der Waals surface area contributed by atoms with Crippen LogP contribution in [0.3, 0.4) is 0 Å². The zero-order chi connectivity index (χ0) is 14.1. The molecule has 1 N–H and O–H groups in total. The van der Waals surface area contributed by atoms with Crippen LogP contribution >= 0.6 is 0 Å². The van der Waals surface area contributed by atoms with Gasteiger partial charge in [-0.05, 0) is 25.8 Å². The number of carbonyl (C=O) groups excluding carboxylic acids is 1. The molecule has 0 spiro atoms. The molecule has 1 aliphatic rings. The van der Waals surface area contributed by atoms with Crippen molar-refractivity contribution in [2.24, 2.45) is 7.05 Å². The lowest BCUT2D eigenvalue weighted by molar-refractivity contribution is -0.117. The lowest BCUT2D eigenvalue weighted by Crippen LogP contribution is -2.22. The van der Waals surface area contributed by atoms with Gasteiger partial charge in [0.1, 0.15) is 0 Å². The molecule has 0 saturated heterocycles. The fourth-order valence-electron chi connectivity index (χ4n) is 2.27. The molecule has 104 valence electrons. The fourth-order valence-corrected chi connectivity index (χ4v) is 2.27. The Morgan fingerprint density at radius 3 is 2.75 bits per heavy atom. The first-order chi connectivity index (χ1) is 9.66. The number of amides is 1. The minimum atomic E-state index is -0.281. The van der Waals surface area contributed by atoms with Crippen molar-refractivity contribution in [3.05, 3.63) is 36.0 Å². The van der Waals surface area contributed by atoms with Crippen LogP contribution in [0, 0.1) is 0 Å². The summed E-state index contributed by atoms with van der Waals surface area (Å²) < 4.78 is 1.71. The molecule has 1 aliphatic carbocycles. The lowest BCUT2D eigenvalue weighted by atomic mass is 10.1. The second kappa shape index (κ2) is 5.03. The number of rotatable bonds is 4. The fraction of sp³-hybridized carbons (Fsp3) is 0.429. The van der Waals surface area contributed by atoms with Gasteiger partial charge in [-0.2, -0.15) is 5.10 Å². The van der Waals surface area contributed by atoms with E-state index in [2.05, 4.69) is 20.4 Å². The highest BCUT2D eigenvalue weighted by atomic mass is 16.2. The van der Waals surface area contributed by atoms with E-state index in [4.69, 9.17) is 0 Å². The highest BCUT2D eigenvalue weighted by Gasteiger charge is 2.29. The van der Waals surface area contributed by atoms with Crippen molar-refractivity contribution in [3.8, 4) is 0 Å². The summed E-state index contributed by atoms with van der Waals surface area (Å²) in [5.41, 5.74) is 1.78. The maximum atomic E-state index is 12.3. The summed E-state index contributed by atoms with van der Waals surface area (Å²) >= 11 is 0. The summed E-state index contributed by atoms with van der Waals surface area (Å²) in [7, 11) is 1.83. The van der Waals surface area contributed by atoms with Crippen molar-refractivity contribution in [2.75, 3.05) is 5.32 Å². The molecular formula is C14H17N5O. The second-order valence-corrected chi connectivity index (χ2v) is 5.16. The van der Waals surface area contributed by atoms with E-state index in [-0.39, 0.29) is 11.8 Å². The van der Waals surface area contributed by atoms with Gasteiger partial charge in [0.15, 0.2) is 5.82 Å². The zero-order valence-electron chi connectivity index (χ0n) is 11.6. The van der Waals surface area contributed by atoms with E-state index in [1.165, 1.54) is 0 Å². The molecule has 3 rings (SSSR count). The number of hydrogen-bond acceptors (Lipinski definition) is 4. The Hall–Kier alpha value is -2.24. The molecule has 0 aromatic carbocycles. The van der Waals surface area contributed by atoms with E-state index in [1.54, 1.807) is 23.3 Å². The zero-order valence-corrected chi connectivity index (χ0v) is 11.6. The van der Waals surface area contributed by atoms with Gasteiger partial charge in [-0.15, -0.1) is 0 Å². The Kier molecular flexibility index (Phi) is 3.22. The van der Waals surface area contributed by atoms with Gasteiger partial charge < -0.3 is 5.32 Å². The number of carbonyl (C=O) groups is 1. The molecule has 20 heavy (non-hydrogen) atoms. The van der Waals surface area contributed by atoms with Crippen molar-refractivity contribution in [3.63, 3.8) is 0 Å². The van der Waals surface area contributed by atoms with Crippen molar-refractivity contribution < 1.29 is 4.79 Å². The van der Waals surface area contributed by atoms with Crippen molar-refractivity contribution in [1.82, 2.24) is 19.7 Å². The molecule has 1 saturated carbocycles. The summed E-state index contributed by atoms with van der Waals surface area (Å²) in [4.78, 5) is 20.9. The summed E-state index contributed by atoms with van der Waals surface area (Å²) in [5, 5.41) is 6.99. The number of aryl methyl sites for hydroxylation is 1. The SMILES string of the molecule is CC(C(=O)Nc1nccnc1C1CC1)c1ccnn1C. The summed E-state index contributed by atoms with van der Waals surface area (Å²) in [6, 6.07) is 1.85. The molecule has 1 atom stereocenters. The minimum absolute atomic E-state index is 0.0870. The molecule has 6 heteroatoms. The van der Waals surface area contributed by atoms with Crippen LogP contribution in [0.25, 0.3) is 0 Å². The van der Waals surface area contributed by atoms with Gasteiger partial charge in [-0.25, -0.2) is 4.98 Å². The Bertz CT molecular complexity index is 632. The number of nitrogens with zero attached hydrogens (tertiary/aromatic N) is 4. The lowest BCUT2D eigenvalue weighted by Gasteiger charge is -2.13. The van der Waals surface area contributed by atoms with Gasteiger partial charge in [0.2, 0.25) is 5.91 Å². The third-order valence-electron chi connectivity index (χ3n) is 3.63. The third kappa shape index (κ3) is 2.41. The molecule has 0 bridgehead atoms. The Morgan fingerprint density at radius 2 is 2.10 bits per heavy atom.